The fourth-order valence-corrected chi connectivity index (χ4v) is 3.87. The van der Waals surface area contributed by atoms with E-state index < -0.39 is 11.6 Å². The van der Waals surface area contributed by atoms with Crippen LogP contribution in [0.15, 0.2) is 36.7 Å². The third-order valence-electron chi connectivity index (χ3n) is 5.78. The average molecular weight is 428 g/mol. The Morgan fingerprint density at radius 3 is 2.39 bits per heavy atom. The number of carbonyl (C=O) groups excluding carboxylic acids is 1. The summed E-state index contributed by atoms with van der Waals surface area (Å²) in [5, 5.41) is 13.5. The number of carboxylic acid groups (broad SMARTS) is 1. The van der Waals surface area contributed by atoms with E-state index in [-0.39, 0.29) is 17.7 Å². The fraction of sp³-hybridized carbons (Fsp3) is 0.542. The van der Waals surface area contributed by atoms with Crippen molar-refractivity contribution in [2.45, 2.75) is 65.0 Å². The number of ether oxygens (including phenoxy) is 1. The normalized spacial score (nSPS) is 16.2. The second kappa shape index (κ2) is 9.54. The predicted molar refractivity (Wildman–Crippen MR) is 119 cm³/mol. The molecule has 0 bridgehead atoms. The van der Waals surface area contributed by atoms with Gasteiger partial charge < -0.3 is 14.7 Å². The highest BCUT2D eigenvalue weighted by molar-refractivity contribution is 5.88. The van der Waals surface area contributed by atoms with Crippen LogP contribution in [-0.4, -0.2) is 50.5 Å². The van der Waals surface area contributed by atoms with Crippen LogP contribution in [0.1, 0.15) is 69.8 Å². The van der Waals surface area contributed by atoms with Gasteiger partial charge in [0.25, 0.3) is 0 Å². The maximum atomic E-state index is 12.2. The Morgan fingerprint density at radius 1 is 1.16 bits per heavy atom. The van der Waals surface area contributed by atoms with E-state index in [0.717, 1.165) is 49.9 Å². The van der Waals surface area contributed by atoms with Crippen LogP contribution in [-0.2, 0) is 4.74 Å². The van der Waals surface area contributed by atoms with E-state index in [9.17, 15) is 9.59 Å². The minimum atomic E-state index is -0.923. The van der Waals surface area contributed by atoms with Gasteiger partial charge in [-0.3, -0.25) is 4.68 Å². The number of aromatic carboxylic acids is 1. The Labute approximate surface area is 184 Å². The Bertz CT molecular complexity index is 890. The lowest BCUT2D eigenvalue weighted by Gasteiger charge is -2.33. The predicted octanol–water partition coefficient (Wildman–Crippen LogP) is 5.24. The first-order valence-corrected chi connectivity index (χ1v) is 11.0. The minimum Gasteiger partial charge on any atom is -0.478 e. The summed E-state index contributed by atoms with van der Waals surface area (Å²) in [6, 6.07) is 7.13. The topological polar surface area (TPSA) is 84.7 Å². The van der Waals surface area contributed by atoms with Crippen LogP contribution in [0.25, 0.3) is 11.1 Å². The van der Waals surface area contributed by atoms with Gasteiger partial charge in [0, 0.05) is 30.9 Å². The van der Waals surface area contributed by atoms with Gasteiger partial charge in [-0.1, -0.05) is 12.1 Å². The van der Waals surface area contributed by atoms with Gasteiger partial charge in [0.05, 0.1) is 11.8 Å². The maximum absolute atomic E-state index is 12.2. The lowest BCUT2D eigenvalue weighted by molar-refractivity contribution is 0.0179. The molecule has 0 aliphatic carbocycles. The molecule has 1 saturated heterocycles. The summed E-state index contributed by atoms with van der Waals surface area (Å²) in [4.78, 5) is 25.0. The first kappa shape index (κ1) is 22.8. The Hall–Kier alpha value is -2.83. The lowest BCUT2D eigenvalue weighted by atomic mass is 9.91. The molecular formula is C24H33N3O4. The molecule has 1 aromatic heterocycles. The Kier molecular flexibility index (Phi) is 7.03. The quantitative estimate of drug-likeness (QED) is 0.682. The van der Waals surface area contributed by atoms with Gasteiger partial charge in [-0.2, -0.15) is 5.10 Å². The zero-order valence-corrected chi connectivity index (χ0v) is 18.9. The molecule has 7 nitrogen and oxygen atoms in total. The van der Waals surface area contributed by atoms with Gasteiger partial charge in [0.2, 0.25) is 0 Å². The number of hydrogen-bond donors (Lipinski definition) is 1. The van der Waals surface area contributed by atoms with Gasteiger partial charge in [-0.15, -0.1) is 0 Å². The van der Waals surface area contributed by atoms with Crippen LogP contribution in [0, 0.1) is 5.92 Å². The molecule has 1 atom stereocenters. The number of amides is 1. The average Bonchev–Trinajstić information content (AvgIpc) is 3.21. The third kappa shape index (κ3) is 6.32. The van der Waals surface area contributed by atoms with Crippen molar-refractivity contribution < 1.29 is 19.4 Å². The summed E-state index contributed by atoms with van der Waals surface area (Å²) < 4.78 is 7.45. The summed E-state index contributed by atoms with van der Waals surface area (Å²) in [7, 11) is 0. The van der Waals surface area contributed by atoms with Crippen molar-refractivity contribution in [3.05, 3.63) is 42.2 Å². The van der Waals surface area contributed by atoms with E-state index in [1.807, 2.05) is 54.9 Å². The number of piperidine rings is 1. The molecule has 31 heavy (non-hydrogen) atoms. The summed E-state index contributed by atoms with van der Waals surface area (Å²) in [6.07, 6.45) is 7.78. The van der Waals surface area contributed by atoms with E-state index in [4.69, 9.17) is 9.84 Å². The number of likely N-dealkylation sites (tertiary alicyclic amines) is 1. The second-order valence-corrected chi connectivity index (χ2v) is 9.43. The van der Waals surface area contributed by atoms with Crippen LogP contribution in [0.5, 0.6) is 0 Å². The maximum Gasteiger partial charge on any atom is 0.410 e. The van der Waals surface area contributed by atoms with Gasteiger partial charge >= 0.3 is 12.1 Å². The molecule has 1 unspecified atom stereocenters. The molecule has 1 aliphatic heterocycles. The van der Waals surface area contributed by atoms with Gasteiger partial charge in [0.15, 0.2) is 0 Å². The molecule has 0 radical (unpaired) electrons. The highest BCUT2D eigenvalue weighted by atomic mass is 16.6. The zero-order chi connectivity index (χ0) is 22.6. The smallest absolute Gasteiger partial charge is 0.410 e. The Balaban J connectivity index is 1.47. The standard InChI is InChI=1S/C24H33N3O4/c1-17(5-6-18-11-13-26(14-12-18)23(30)31-24(2,3)4)27-16-21(15-25-27)19-7-9-20(10-8-19)22(28)29/h7-10,15-18H,5-6,11-14H2,1-4H3,(H,28,29). The van der Waals surface area contributed by atoms with Crippen molar-refractivity contribution in [1.82, 2.24) is 14.7 Å². The van der Waals surface area contributed by atoms with Crippen molar-refractivity contribution in [3.63, 3.8) is 0 Å². The van der Waals surface area contributed by atoms with E-state index in [2.05, 4.69) is 12.0 Å². The fourth-order valence-electron chi connectivity index (χ4n) is 3.87. The van der Waals surface area contributed by atoms with Crippen molar-refractivity contribution in [2.24, 2.45) is 5.92 Å². The van der Waals surface area contributed by atoms with E-state index in [0.29, 0.717) is 5.92 Å². The largest absolute Gasteiger partial charge is 0.478 e. The highest BCUT2D eigenvalue weighted by Gasteiger charge is 2.27. The SMILES string of the molecule is CC(CCC1CCN(C(=O)OC(C)(C)C)CC1)n1cc(-c2ccc(C(=O)O)cc2)cn1. The Morgan fingerprint density at radius 2 is 1.81 bits per heavy atom. The molecule has 1 amide bonds. The molecule has 7 heteroatoms. The molecule has 1 aliphatic rings. The second-order valence-electron chi connectivity index (χ2n) is 9.43. The van der Waals surface area contributed by atoms with Crippen molar-refractivity contribution in [2.75, 3.05) is 13.1 Å². The van der Waals surface area contributed by atoms with E-state index >= 15 is 0 Å². The lowest BCUT2D eigenvalue weighted by Crippen LogP contribution is -2.41. The van der Waals surface area contributed by atoms with Gasteiger partial charge in [-0.05, 0) is 77.0 Å². The first-order valence-electron chi connectivity index (χ1n) is 11.0. The van der Waals surface area contributed by atoms with Crippen molar-refractivity contribution in [3.8, 4) is 11.1 Å². The number of nitrogens with zero attached hydrogens (tertiary/aromatic N) is 3. The monoisotopic (exact) mass is 427 g/mol. The molecule has 0 spiro atoms. The summed E-state index contributed by atoms with van der Waals surface area (Å²) in [5.41, 5.74) is 1.76. The summed E-state index contributed by atoms with van der Waals surface area (Å²) in [6.45, 7) is 9.36. The van der Waals surface area contributed by atoms with Crippen molar-refractivity contribution >= 4 is 12.1 Å². The van der Waals surface area contributed by atoms with Crippen LogP contribution in [0.2, 0.25) is 0 Å². The molecule has 1 fully saturated rings. The zero-order valence-electron chi connectivity index (χ0n) is 18.9. The molecule has 2 aromatic rings. The van der Waals surface area contributed by atoms with Crippen LogP contribution in [0.4, 0.5) is 4.79 Å². The van der Waals surface area contributed by atoms with Gasteiger partial charge in [0.1, 0.15) is 5.60 Å². The van der Waals surface area contributed by atoms with Gasteiger partial charge in [-0.25, -0.2) is 9.59 Å². The molecule has 3 rings (SSSR count). The molecular weight excluding hydrogens is 394 g/mol. The molecule has 2 heterocycles. The molecule has 1 N–H and O–H groups in total. The van der Waals surface area contributed by atoms with E-state index in [1.165, 1.54) is 0 Å². The summed E-state index contributed by atoms with van der Waals surface area (Å²) >= 11 is 0. The third-order valence-corrected chi connectivity index (χ3v) is 5.78. The number of carboxylic acids is 1. The first-order chi connectivity index (χ1) is 14.6. The number of hydrogen-bond acceptors (Lipinski definition) is 4. The van der Waals surface area contributed by atoms with Crippen molar-refractivity contribution in [1.29, 1.82) is 0 Å². The van der Waals surface area contributed by atoms with Crippen LogP contribution in [0.3, 0.4) is 0 Å². The summed E-state index contributed by atoms with van der Waals surface area (Å²) in [5.74, 6) is -0.312. The number of benzene rings is 1. The van der Waals surface area contributed by atoms with E-state index in [1.54, 1.807) is 12.1 Å². The minimum absolute atomic E-state index is 0.209. The van der Waals surface area contributed by atoms with Crippen LogP contribution >= 0.6 is 0 Å². The molecule has 168 valence electrons. The molecule has 1 aromatic carbocycles. The van der Waals surface area contributed by atoms with Crippen LogP contribution < -0.4 is 0 Å². The molecule has 0 saturated carbocycles. The highest BCUT2D eigenvalue weighted by Crippen LogP contribution is 2.27. The number of carbonyl (C=O) groups is 2. The number of rotatable bonds is 6. The number of aromatic nitrogens is 2.